The Bertz CT molecular complexity index is 383. The number of hydrogen-bond donors (Lipinski definition) is 2. The summed E-state index contributed by atoms with van der Waals surface area (Å²) in [4.78, 5) is 0. The average molecular weight is 254 g/mol. The molecule has 0 unspecified atom stereocenters. The highest BCUT2D eigenvalue weighted by atomic mass is 32.2. The summed E-state index contributed by atoms with van der Waals surface area (Å²) < 4.78 is 10.3. The lowest BCUT2D eigenvalue weighted by atomic mass is 10.1. The SMILES string of the molecule is COCCSCc1cc(C(=N)N)ccc1OC. The molecular weight excluding hydrogens is 236 g/mol. The van der Waals surface area contributed by atoms with Gasteiger partial charge in [0.2, 0.25) is 0 Å². The van der Waals surface area contributed by atoms with Crippen molar-refractivity contribution < 1.29 is 9.47 Å². The van der Waals surface area contributed by atoms with Gasteiger partial charge >= 0.3 is 0 Å². The van der Waals surface area contributed by atoms with E-state index in [2.05, 4.69) is 0 Å². The molecule has 0 atom stereocenters. The number of amidine groups is 1. The van der Waals surface area contributed by atoms with Gasteiger partial charge < -0.3 is 15.2 Å². The van der Waals surface area contributed by atoms with Gasteiger partial charge in [0.15, 0.2) is 0 Å². The lowest BCUT2D eigenvalue weighted by molar-refractivity contribution is 0.218. The molecule has 0 bridgehead atoms. The van der Waals surface area contributed by atoms with E-state index in [1.165, 1.54) is 0 Å². The normalized spacial score (nSPS) is 10.2. The molecule has 94 valence electrons. The zero-order valence-corrected chi connectivity index (χ0v) is 11.0. The van der Waals surface area contributed by atoms with Crippen molar-refractivity contribution in [2.45, 2.75) is 5.75 Å². The summed E-state index contributed by atoms with van der Waals surface area (Å²) in [7, 11) is 3.34. The Hall–Kier alpha value is -1.20. The zero-order chi connectivity index (χ0) is 12.7. The second-order valence-electron chi connectivity index (χ2n) is 3.49. The number of nitrogen functional groups attached to an aromatic ring is 1. The van der Waals surface area contributed by atoms with E-state index in [0.717, 1.165) is 35.0 Å². The minimum atomic E-state index is 0.0794. The molecule has 17 heavy (non-hydrogen) atoms. The van der Waals surface area contributed by atoms with E-state index in [1.807, 2.05) is 12.1 Å². The van der Waals surface area contributed by atoms with Crippen LogP contribution in [0, 0.1) is 5.41 Å². The zero-order valence-electron chi connectivity index (χ0n) is 10.2. The highest BCUT2D eigenvalue weighted by Gasteiger charge is 2.06. The van der Waals surface area contributed by atoms with Crippen LogP contribution in [0.25, 0.3) is 0 Å². The van der Waals surface area contributed by atoms with Gasteiger partial charge in [-0.05, 0) is 18.2 Å². The first-order chi connectivity index (χ1) is 8.19. The van der Waals surface area contributed by atoms with Gasteiger partial charge in [0.1, 0.15) is 11.6 Å². The number of benzene rings is 1. The van der Waals surface area contributed by atoms with Crippen LogP contribution in [0.5, 0.6) is 5.75 Å². The molecule has 0 aliphatic carbocycles. The predicted octanol–water partition coefficient (Wildman–Crippen LogP) is 1.86. The summed E-state index contributed by atoms with van der Waals surface area (Å²) in [5, 5.41) is 7.41. The standard InChI is InChI=1S/C12H18N2O2S/c1-15-5-6-17-8-10-7-9(12(13)14)3-4-11(10)16-2/h3-4,7H,5-6,8H2,1-2H3,(H3,13,14). The number of thioether (sulfide) groups is 1. The summed E-state index contributed by atoms with van der Waals surface area (Å²) in [5.74, 6) is 2.67. The summed E-state index contributed by atoms with van der Waals surface area (Å²) in [6.07, 6.45) is 0. The third-order valence-electron chi connectivity index (χ3n) is 2.28. The number of ether oxygens (including phenoxy) is 2. The summed E-state index contributed by atoms with van der Waals surface area (Å²) in [6.45, 7) is 0.735. The van der Waals surface area contributed by atoms with Crippen molar-refractivity contribution in [3.05, 3.63) is 29.3 Å². The van der Waals surface area contributed by atoms with Crippen molar-refractivity contribution in [3.63, 3.8) is 0 Å². The van der Waals surface area contributed by atoms with E-state index in [1.54, 1.807) is 32.0 Å². The molecular formula is C12H18N2O2S. The van der Waals surface area contributed by atoms with Crippen molar-refractivity contribution in [3.8, 4) is 5.75 Å². The number of methoxy groups -OCH3 is 2. The van der Waals surface area contributed by atoms with Gasteiger partial charge in [-0.2, -0.15) is 11.8 Å². The molecule has 0 aliphatic rings. The van der Waals surface area contributed by atoms with E-state index >= 15 is 0 Å². The molecule has 4 nitrogen and oxygen atoms in total. The molecule has 0 saturated heterocycles. The lowest BCUT2D eigenvalue weighted by Crippen LogP contribution is -2.11. The van der Waals surface area contributed by atoms with Gasteiger partial charge in [0, 0.05) is 29.7 Å². The minimum Gasteiger partial charge on any atom is -0.496 e. The van der Waals surface area contributed by atoms with Crippen LogP contribution < -0.4 is 10.5 Å². The van der Waals surface area contributed by atoms with Crippen LogP contribution in [0.15, 0.2) is 18.2 Å². The van der Waals surface area contributed by atoms with Crippen molar-refractivity contribution in [2.24, 2.45) is 5.73 Å². The van der Waals surface area contributed by atoms with Crippen LogP contribution in [0.3, 0.4) is 0 Å². The van der Waals surface area contributed by atoms with Gasteiger partial charge in [-0.15, -0.1) is 0 Å². The molecule has 0 aliphatic heterocycles. The Kier molecular flexibility index (Phi) is 5.86. The van der Waals surface area contributed by atoms with E-state index < -0.39 is 0 Å². The molecule has 1 aromatic rings. The minimum absolute atomic E-state index is 0.0794. The number of nitrogens with one attached hydrogen (secondary N) is 1. The first kappa shape index (κ1) is 13.9. The Balaban J connectivity index is 2.72. The van der Waals surface area contributed by atoms with E-state index in [-0.39, 0.29) is 5.84 Å². The van der Waals surface area contributed by atoms with E-state index in [0.29, 0.717) is 0 Å². The number of nitrogens with two attached hydrogens (primary N) is 1. The Morgan fingerprint density at radius 3 is 2.76 bits per heavy atom. The fourth-order valence-corrected chi connectivity index (χ4v) is 2.26. The molecule has 0 radical (unpaired) electrons. The smallest absolute Gasteiger partial charge is 0.122 e. The van der Waals surface area contributed by atoms with Gasteiger partial charge in [-0.3, -0.25) is 5.41 Å². The Morgan fingerprint density at radius 1 is 1.41 bits per heavy atom. The topological polar surface area (TPSA) is 68.3 Å². The maximum atomic E-state index is 7.41. The number of hydrogen-bond acceptors (Lipinski definition) is 4. The fraction of sp³-hybridized carbons (Fsp3) is 0.417. The maximum absolute atomic E-state index is 7.41. The van der Waals surface area contributed by atoms with Gasteiger partial charge in [0.25, 0.3) is 0 Å². The van der Waals surface area contributed by atoms with Crippen LogP contribution in [0.1, 0.15) is 11.1 Å². The van der Waals surface area contributed by atoms with Crippen molar-refractivity contribution >= 4 is 17.6 Å². The summed E-state index contributed by atoms with van der Waals surface area (Å²) in [5.41, 5.74) is 7.25. The van der Waals surface area contributed by atoms with Crippen LogP contribution in [0.2, 0.25) is 0 Å². The van der Waals surface area contributed by atoms with E-state index in [9.17, 15) is 0 Å². The van der Waals surface area contributed by atoms with E-state index in [4.69, 9.17) is 20.6 Å². The van der Waals surface area contributed by atoms with Crippen LogP contribution >= 0.6 is 11.8 Å². The van der Waals surface area contributed by atoms with Gasteiger partial charge in [-0.1, -0.05) is 0 Å². The molecule has 1 aromatic carbocycles. The van der Waals surface area contributed by atoms with Gasteiger partial charge in [0.05, 0.1) is 13.7 Å². The molecule has 0 aromatic heterocycles. The first-order valence-electron chi connectivity index (χ1n) is 5.27. The maximum Gasteiger partial charge on any atom is 0.122 e. The van der Waals surface area contributed by atoms with Crippen LogP contribution in [0.4, 0.5) is 0 Å². The lowest BCUT2D eigenvalue weighted by Gasteiger charge is -2.10. The fourth-order valence-electron chi connectivity index (χ4n) is 1.38. The first-order valence-corrected chi connectivity index (χ1v) is 6.42. The third kappa shape index (κ3) is 4.28. The second-order valence-corrected chi connectivity index (χ2v) is 4.59. The Labute approximate surface area is 106 Å². The average Bonchev–Trinajstić information content (AvgIpc) is 2.34. The monoisotopic (exact) mass is 254 g/mol. The van der Waals surface area contributed by atoms with Crippen LogP contribution in [-0.2, 0) is 10.5 Å². The van der Waals surface area contributed by atoms with Crippen molar-refractivity contribution in [2.75, 3.05) is 26.6 Å². The van der Waals surface area contributed by atoms with Crippen molar-refractivity contribution in [1.82, 2.24) is 0 Å². The third-order valence-corrected chi connectivity index (χ3v) is 3.25. The molecule has 0 spiro atoms. The van der Waals surface area contributed by atoms with Gasteiger partial charge in [-0.25, -0.2) is 0 Å². The molecule has 3 N–H and O–H groups in total. The molecule has 0 amide bonds. The summed E-state index contributed by atoms with van der Waals surface area (Å²) >= 11 is 1.76. The van der Waals surface area contributed by atoms with Crippen molar-refractivity contribution in [1.29, 1.82) is 5.41 Å². The second kappa shape index (κ2) is 7.19. The molecule has 0 fully saturated rings. The largest absolute Gasteiger partial charge is 0.496 e. The molecule has 1 rings (SSSR count). The van der Waals surface area contributed by atoms with Crippen LogP contribution in [-0.4, -0.2) is 32.4 Å². The predicted molar refractivity (Wildman–Crippen MR) is 72.0 cm³/mol. The molecule has 5 heteroatoms. The highest BCUT2D eigenvalue weighted by Crippen LogP contribution is 2.24. The molecule has 0 saturated carbocycles. The molecule has 0 heterocycles. The highest BCUT2D eigenvalue weighted by molar-refractivity contribution is 7.98. The Morgan fingerprint density at radius 2 is 2.18 bits per heavy atom. The quantitative estimate of drug-likeness (QED) is 0.443. The summed E-state index contributed by atoms with van der Waals surface area (Å²) in [6, 6.07) is 5.55. The number of rotatable bonds is 7.